The van der Waals surface area contributed by atoms with E-state index in [0.29, 0.717) is 11.4 Å². The van der Waals surface area contributed by atoms with Gasteiger partial charge in [0.2, 0.25) is 5.91 Å². The third kappa shape index (κ3) is 3.60. The summed E-state index contributed by atoms with van der Waals surface area (Å²) in [6.45, 7) is 0.179. The van der Waals surface area contributed by atoms with Crippen molar-refractivity contribution in [3.8, 4) is 5.75 Å². The molecule has 1 amide bonds. The van der Waals surface area contributed by atoms with Crippen molar-refractivity contribution in [1.82, 2.24) is 0 Å². The Balaban J connectivity index is 2.26. The number of carbonyl (C=O) groups excluding carboxylic acids is 1. The molecule has 0 bridgehead atoms. The smallest absolute Gasteiger partial charge is 0.302 e. The summed E-state index contributed by atoms with van der Waals surface area (Å²) in [7, 11) is -3.08. The van der Waals surface area contributed by atoms with E-state index < -0.39 is 21.9 Å². The van der Waals surface area contributed by atoms with Crippen LogP contribution in [0, 0.1) is 9.49 Å². The number of hydrogen-bond acceptors (Lipinski definition) is 4. The number of benzene rings is 1. The summed E-state index contributed by atoms with van der Waals surface area (Å²) in [6, 6.07) is 5.36. The Morgan fingerprint density at radius 2 is 2.20 bits per heavy atom. The van der Waals surface area contributed by atoms with Crippen LogP contribution in [-0.2, 0) is 15.0 Å². The molecule has 0 saturated carbocycles. The Kier molecular flexibility index (Phi) is 4.52. The van der Waals surface area contributed by atoms with Gasteiger partial charge in [-0.25, -0.2) is 0 Å². The second-order valence-corrected chi connectivity index (χ2v) is 7.25. The maximum atomic E-state index is 12.7. The van der Waals surface area contributed by atoms with Crippen LogP contribution in [0.1, 0.15) is 6.42 Å². The highest BCUT2D eigenvalue weighted by Crippen LogP contribution is 2.34. The van der Waals surface area contributed by atoms with Crippen LogP contribution < -0.4 is 9.64 Å². The molecule has 1 unspecified atom stereocenters. The number of anilines is 1. The summed E-state index contributed by atoms with van der Waals surface area (Å²) >= 11 is 2.11. The van der Waals surface area contributed by atoms with Crippen molar-refractivity contribution in [1.29, 1.82) is 0 Å². The summed E-state index contributed by atoms with van der Waals surface area (Å²) in [5.74, 6) is -0.844. The predicted molar refractivity (Wildman–Crippen MR) is 81.1 cm³/mol. The SMILES string of the molecule is COc1ccc(I)cc1N1CC(CS(=O)(=O)F)CC1=O. The highest BCUT2D eigenvalue weighted by atomic mass is 127. The van der Waals surface area contributed by atoms with Crippen molar-refractivity contribution in [3.63, 3.8) is 0 Å². The van der Waals surface area contributed by atoms with Crippen molar-refractivity contribution in [2.24, 2.45) is 5.92 Å². The number of methoxy groups -OCH3 is 1. The summed E-state index contributed by atoms with van der Waals surface area (Å²) in [4.78, 5) is 13.5. The zero-order valence-electron chi connectivity index (χ0n) is 10.7. The van der Waals surface area contributed by atoms with Gasteiger partial charge in [0, 0.05) is 22.5 Å². The van der Waals surface area contributed by atoms with E-state index in [1.807, 2.05) is 6.07 Å². The number of halogens is 2. The third-order valence-corrected chi connectivity index (χ3v) is 4.61. The molecule has 1 aliphatic rings. The fourth-order valence-electron chi connectivity index (χ4n) is 2.28. The second kappa shape index (κ2) is 5.84. The standard InChI is InChI=1S/C12H13FINO4S/c1-19-11-3-2-9(14)5-10(11)15-6-8(4-12(15)16)7-20(13,17)18/h2-3,5,8H,4,6-7H2,1H3. The first-order valence-electron chi connectivity index (χ1n) is 5.86. The number of nitrogens with zero attached hydrogens (tertiary/aromatic N) is 1. The minimum absolute atomic E-state index is 0.0256. The van der Waals surface area contributed by atoms with Gasteiger partial charge in [-0.15, -0.1) is 3.89 Å². The molecule has 1 aromatic carbocycles. The minimum Gasteiger partial charge on any atom is -0.495 e. The lowest BCUT2D eigenvalue weighted by atomic mass is 10.1. The van der Waals surface area contributed by atoms with Crippen LogP contribution >= 0.6 is 22.6 Å². The monoisotopic (exact) mass is 413 g/mol. The van der Waals surface area contributed by atoms with Crippen molar-refractivity contribution < 1.29 is 21.8 Å². The Morgan fingerprint density at radius 1 is 1.50 bits per heavy atom. The van der Waals surface area contributed by atoms with E-state index in [-0.39, 0.29) is 18.9 Å². The molecule has 8 heteroatoms. The summed E-state index contributed by atoms with van der Waals surface area (Å²) in [5.41, 5.74) is 0.586. The van der Waals surface area contributed by atoms with Gasteiger partial charge in [-0.3, -0.25) is 4.79 Å². The predicted octanol–water partition coefficient (Wildman–Crippen LogP) is 1.95. The molecule has 0 aromatic heterocycles. The van der Waals surface area contributed by atoms with Crippen LogP contribution in [0.15, 0.2) is 18.2 Å². The van der Waals surface area contributed by atoms with Gasteiger partial charge in [-0.05, 0) is 40.8 Å². The van der Waals surface area contributed by atoms with Crippen molar-refractivity contribution in [2.75, 3.05) is 24.3 Å². The maximum absolute atomic E-state index is 12.7. The number of amides is 1. The van der Waals surface area contributed by atoms with E-state index in [0.717, 1.165) is 3.57 Å². The lowest BCUT2D eigenvalue weighted by molar-refractivity contribution is -0.117. The summed E-state index contributed by atoms with van der Waals surface area (Å²) in [5, 5.41) is 0. The maximum Gasteiger partial charge on any atom is 0.302 e. The highest BCUT2D eigenvalue weighted by Gasteiger charge is 2.34. The van der Waals surface area contributed by atoms with E-state index >= 15 is 0 Å². The molecule has 1 aliphatic heterocycles. The molecule has 1 aromatic rings. The third-order valence-electron chi connectivity index (χ3n) is 3.07. The van der Waals surface area contributed by atoms with Crippen LogP contribution in [0.25, 0.3) is 0 Å². The second-order valence-electron chi connectivity index (χ2n) is 4.60. The van der Waals surface area contributed by atoms with Gasteiger partial charge in [0.15, 0.2) is 0 Å². The van der Waals surface area contributed by atoms with Gasteiger partial charge in [0.25, 0.3) is 0 Å². The van der Waals surface area contributed by atoms with Crippen molar-refractivity contribution in [3.05, 3.63) is 21.8 Å². The van der Waals surface area contributed by atoms with Gasteiger partial charge >= 0.3 is 10.2 Å². The molecule has 5 nitrogen and oxygen atoms in total. The quantitative estimate of drug-likeness (QED) is 0.560. The largest absolute Gasteiger partial charge is 0.495 e. The molecular formula is C12H13FINO4S. The number of rotatable bonds is 4. The van der Waals surface area contributed by atoms with Crippen molar-refractivity contribution in [2.45, 2.75) is 6.42 Å². The van der Waals surface area contributed by atoms with Gasteiger partial charge in [-0.1, -0.05) is 0 Å². The zero-order chi connectivity index (χ0) is 14.9. The number of ether oxygens (including phenoxy) is 1. The first-order valence-corrected chi connectivity index (χ1v) is 8.49. The highest BCUT2D eigenvalue weighted by molar-refractivity contribution is 14.1. The molecule has 20 heavy (non-hydrogen) atoms. The first kappa shape index (κ1) is 15.5. The van der Waals surface area contributed by atoms with E-state index in [2.05, 4.69) is 22.6 Å². The van der Waals surface area contributed by atoms with Crippen LogP contribution in [0.4, 0.5) is 9.57 Å². The van der Waals surface area contributed by atoms with Crippen LogP contribution in [0.3, 0.4) is 0 Å². The topological polar surface area (TPSA) is 63.7 Å². The number of hydrogen-bond donors (Lipinski definition) is 0. The fraction of sp³-hybridized carbons (Fsp3) is 0.417. The average Bonchev–Trinajstić information content (AvgIpc) is 2.67. The molecule has 0 spiro atoms. The average molecular weight is 413 g/mol. The molecular weight excluding hydrogens is 400 g/mol. The molecule has 0 aliphatic carbocycles. The van der Waals surface area contributed by atoms with Gasteiger partial charge in [0.1, 0.15) is 5.75 Å². The molecule has 1 fully saturated rings. The Labute approximate surface area is 130 Å². The van der Waals surface area contributed by atoms with E-state index in [4.69, 9.17) is 4.74 Å². The molecule has 0 N–H and O–H groups in total. The molecule has 110 valence electrons. The lowest BCUT2D eigenvalue weighted by Crippen LogP contribution is -2.26. The molecule has 1 atom stereocenters. The minimum atomic E-state index is -4.57. The fourth-order valence-corrected chi connectivity index (χ4v) is 3.54. The molecule has 0 radical (unpaired) electrons. The van der Waals surface area contributed by atoms with Crippen LogP contribution in [0.2, 0.25) is 0 Å². The normalized spacial score (nSPS) is 19.4. The Morgan fingerprint density at radius 3 is 2.80 bits per heavy atom. The zero-order valence-corrected chi connectivity index (χ0v) is 13.6. The van der Waals surface area contributed by atoms with Crippen molar-refractivity contribution >= 4 is 44.4 Å². The van der Waals surface area contributed by atoms with E-state index in [9.17, 15) is 17.1 Å². The molecule has 1 saturated heterocycles. The first-order chi connectivity index (χ1) is 9.30. The summed E-state index contributed by atoms with van der Waals surface area (Å²) < 4.78 is 40.2. The van der Waals surface area contributed by atoms with Gasteiger partial charge in [-0.2, -0.15) is 8.42 Å². The van der Waals surface area contributed by atoms with Gasteiger partial charge < -0.3 is 9.64 Å². The number of carbonyl (C=O) groups is 1. The van der Waals surface area contributed by atoms with E-state index in [1.54, 1.807) is 12.1 Å². The van der Waals surface area contributed by atoms with Crippen LogP contribution in [-0.4, -0.2) is 33.7 Å². The molecule has 2 rings (SSSR count). The van der Waals surface area contributed by atoms with Gasteiger partial charge in [0.05, 0.1) is 18.6 Å². The molecule has 1 heterocycles. The Bertz CT molecular complexity index is 634. The summed E-state index contributed by atoms with van der Waals surface area (Å²) in [6.07, 6.45) is 0.0256. The van der Waals surface area contributed by atoms with E-state index in [1.165, 1.54) is 12.0 Å². The Hall–Kier alpha value is -0.900. The van der Waals surface area contributed by atoms with Crippen LogP contribution in [0.5, 0.6) is 5.75 Å². The lowest BCUT2D eigenvalue weighted by Gasteiger charge is -2.19.